The van der Waals surface area contributed by atoms with Crippen molar-refractivity contribution in [3.63, 3.8) is 0 Å². The lowest BCUT2D eigenvalue weighted by molar-refractivity contribution is -0.131. The highest BCUT2D eigenvalue weighted by Crippen LogP contribution is 2.08. The molecule has 5 heteroatoms. The van der Waals surface area contributed by atoms with E-state index in [0.29, 0.717) is 13.0 Å². The largest absolute Gasteiger partial charge is 0.341 e. The van der Waals surface area contributed by atoms with Crippen LogP contribution in [0.25, 0.3) is 0 Å². The van der Waals surface area contributed by atoms with Crippen LogP contribution in [-0.4, -0.2) is 53.0 Å². The van der Waals surface area contributed by atoms with Crippen LogP contribution in [0.1, 0.15) is 24.8 Å². The smallest absolute Gasteiger partial charge is 0.250 e. The van der Waals surface area contributed by atoms with E-state index in [2.05, 4.69) is 35.2 Å². The van der Waals surface area contributed by atoms with Crippen LogP contribution >= 0.6 is 0 Å². The standard InChI is InChI=1S/C22H29N3O2/c26-21-11-4-5-15-24(21)17-12-22(27)25-16-7-14-23(18-19-25)13-6-10-20-8-2-1-3-9-20/h1-5,8-9,11,15H,6-7,10,12-14,16-19H2. The van der Waals surface area contributed by atoms with Crippen LogP contribution in [0.15, 0.2) is 59.5 Å². The van der Waals surface area contributed by atoms with Gasteiger partial charge in [-0.15, -0.1) is 0 Å². The molecule has 0 saturated carbocycles. The number of aryl methyl sites for hydroxylation is 2. The number of aromatic nitrogens is 1. The SMILES string of the molecule is O=C(CCn1ccccc1=O)N1CCCN(CCCc2ccccc2)CC1. The fourth-order valence-electron chi connectivity index (χ4n) is 3.61. The molecule has 0 bridgehead atoms. The van der Waals surface area contributed by atoms with Crippen molar-refractivity contribution in [3.05, 3.63) is 70.6 Å². The van der Waals surface area contributed by atoms with Gasteiger partial charge in [-0.2, -0.15) is 0 Å². The quantitative estimate of drug-likeness (QED) is 0.755. The number of hydrogen-bond donors (Lipinski definition) is 0. The average Bonchev–Trinajstić information content (AvgIpc) is 2.94. The lowest BCUT2D eigenvalue weighted by Gasteiger charge is -2.22. The molecule has 1 saturated heterocycles. The van der Waals surface area contributed by atoms with Gasteiger partial charge in [0.1, 0.15) is 0 Å². The summed E-state index contributed by atoms with van der Waals surface area (Å²) in [7, 11) is 0. The van der Waals surface area contributed by atoms with Crippen LogP contribution in [0.3, 0.4) is 0 Å². The summed E-state index contributed by atoms with van der Waals surface area (Å²) < 4.78 is 1.60. The fourth-order valence-corrected chi connectivity index (χ4v) is 3.61. The minimum absolute atomic E-state index is 0.0502. The lowest BCUT2D eigenvalue weighted by atomic mass is 10.1. The number of nitrogens with zero attached hydrogens (tertiary/aromatic N) is 3. The maximum absolute atomic E-state index is 12.5. The maximum Gasteiger partial charge on any atom is 0.250 e. The third-order valence-electron chi connectivity index (χ3n) is 5.19. The third-order valence-corrected chi connectivity index (χ3v) is 5.19. The second-order valence-corrected chi connectivity index (χ2v) is 7.15. The van der Waals surface area contributed by atoms with Crippen LogP contribution in [0.2, 0.25) is 0 Å². The minimum Gasteiger partial charge on any atom is -0.341 e. The van der Waals surface area contributed by atoms with E-state index in [4.69, 9.17) is 0 Å². The Labute approximate surface area is 161 Å². The van der Waals surface area contributed by atoms with E-state index in [1.165, 1.54) is 11.6 Å². The number of benzene rings is 1. The van der Waals surface area contributed by atoms with Crippen molar-refractivity contribution in [2.24, 2.45) is 0 Å². The van der Waals surface area contributed by atoms with Crippen molar-refractivity contribution < 1.29 is 4.79 Å². The summed E-state index contributed by atoms with van der Waals surface area (Å²) >= 11 is 0. The lowest BCUT2D eigenvalue weighted by Crippen LogP contribution is -2.36. The van der Waals surface area contributed by atoms with Gasteiger partial charge in [-0.25, -0.2) is 0 Å². The first-order valence-electron chi connectivity index (χ1n) is 9.92. The topological polar surface area (TPSA) is 45.6 Å². The van der Waals surface area contributed by atoms with Crippen LogP contribution < -0.4 is 5.56 Å². The Kier molecular flexibility index (Phi) is 7.22. The Morgan fingerprint density at radius 3 is 2.52 bits per heavy atom. The summed E-state index contributed by atoms with van der Waals surface area (Å²) in [4.78, 5) is 28.7. The summed E-state index contributed by atoms with van der Waals surface area (Å²) in [5.74, 6) is 0.150. The summed E-state index contributed by atoms with van der Waals surface area (Å²) in [5, 5.41) is 0. The van der Waals surface area contributed by atoms with Crippen molar-refractivity contribution in [1.29, 1.82) is 0 Å². The second-order valence-electron chi connectivity index (χ2n) is 7.15. The molecule has 0 aliphatic carbocycles. The molecule has 1 aliphatic rings. The van der Waals surface area contributed by atoms with E-state index in [0.717, 1.165) is 52.0 Å². The summed E-state index contributed by atoms with van der Waals surface area (Å²) in [5.41, 5.74) is 1.34. The Morgan fingerprint density at radius 1 is 0.889 bits per heavy atom. The van der Waals surface area contributed by atoms with Crippen LogP contribution in [0, 0.1) is 0 Å². The van der Waals surface area contributed by atoms with Gasteiger partial charge in [0.15, 0.2) is 0 Å². The predicted octanol–water partition coefficient (Wildman–Crippen LogP) is 2.41. The fraction of sp³-hybridized carbons (Fsp3) is 0.455. The number of carbonyl (C=O) groups is 1. The maximum atomic E-state index is 12.5. The van der Waals surface area contributed by atoms with Gasteiger partial charge in [-0.3, -0.25) is 9.59 Å². The van der Waals surface area contributed by atoms with Crippen molar-refractivity contribution in [2.45, 2.75) is 32.2 Å². The van der Waals surface area contributed by atoms with Crippen molar-refractivity contribution >= 4 is 5.91 Å². The van der Waals surface area contributed by atoms with Crippen molar-refractivity contribution in [2.75, 3.05) is 32.7 Å². The molecule has 0 unspecified atom stereocenters. The second kappa shape index (κ2) is 10.1. The molecule has 27 heavy (non-hydrogen) atoms. The molecule has 1 aromatic heterocycles. The molecule has 0 N–H and O–H groups in total. The molecule has 1 amide bonds. The van der Waals surface area contributed by atoms with Crippen LogP contribution in [-0.2, 0) is 17.8 Å². The molecule has 2 heterocycles. The van der Waals surface area contributed by atoms with Gasteiger partial charge < -0.3 is 14.4 Å². The van der Waals surface area contributed by atoms with Gasteiger partial charge in [-0.1, -0.05) is 36.4 Å². The number of carbonyl (C=O) groups excluding carboxylic acids is 1. The van der Waals surface area contributed by atoms with E-state index in [9.17, 15) is 9.59 Å². The van der Waals surface area contributed by atoms with Crippen molar-refractivity contribution in [1.82, 2.24) is 14.4 Å². The molecular formula is C22H29N3O2. The van der Waals surface area contributed by atoms with E-state index < -0.39 is 0 Å². The molecule has 0 spiro atoms. The van der Waals surface area contributed by atoms with E-state index in [-0.39, 0.29) is 11.5 Å². The molecule has 144 valence electrons. The highest BCUT2D eigenvalue weighted by molar-refractivity contribution is 5.76. The van der Waals surface area contributed by atoms with Gasteiger partial charge in [0.05, 0.1) is 0 Å². The molecule has 1 fully saturated rings. The molecule has 1 aromatic carbocycles. The number of rotatable bonds is 7. The monoisotopic (exact) mass is 367 g/mol. The van der Waals surface area contributed by atoms with Gasteiger partial charge in [0.25, 0.3) is 5.56 Å². The zero-order valence-electron chi connectivity index (χ0n) is 15.9. The average molecular weight is 367 g/mol. The van der Waals surface area contributed by atoms with Crippen LogP contribution in [0.4, 0.5) is 0 Å². The molecule has 3 rings (SSSR count). The van der Waals surface area contributed by atoms with E-state index in [1.807, 2.05) is 11.0 Å². The minimum atomic E-state index is -0.0502. The molecule has 5 nitrogen and oxygen atoms in total. The van der Waals surface area contributed by atoms with Gasteiger partial charge in [0.2, 0.25) is 5.91 Å². The normalized spacial score (nSPS) is 15.5. The Balaban J connectivity index is 1.40. The summed E-state index contributed by atoms with van der Waals surface area (Å²) in [6.45, 7) is 5.13. The first-order chi connectivity index (χ1) is 13.2. The highest BCUT2D eigenvalue weighted by atomic mass is 16.2. The number of pyridine rings is 1. The molecule has 0 radical (unpaired) electrons. The molecule has 0 atom stereocenters. The summed E-state index contributed by atoms with van der Waals surface area (Å²) in [6, 6.07) is 15.7. The third kappa shape index (κ3) is 6.07. The number of hydrogen-bond acceptors (Lipinski definition) is 3. The first-order valence-corrected chi connectivity index (χ1v) is 9.92. The Morgan fingerprint density at radius 2 is 1.70 bits per heavy atom. The molecule has 1 aliphatic heterocycles. The first kappa shape index (κ1) is 19.4. The van der Waals surface area contributed by atoms with Gasteiger partial charge in [0, 0.05) is 44.9 Å². The summed E-state index contributed by atoms with van der Waals surface area (Å²) in [6.07, 6.45) is 5.40. The van der Waals surface area contributed by atoms with E-state index >= 15 is 0 Å². The molecular weight excluding hydrogens is 338 g/mol. The highest BCUT2D eigenvalue weighted by Gasteiger charge is 2.18. The Hall–Kier alpha value is -2.40. The zero-order valence-corrected chi connectivity index (χ0v) is 15.9. The molecule has 2 aromatic rings. The zero-order chi connectivity index (χ0) is 18.9. The van der Waals surface area contributed by atoms with Crippen molar-refractivity contribution in [3.8, 4) is 0 Å². The van der Waals surface area contributed by atoms with Gasteiger partial charge in [-0.05, 0) is 44.0 Å². The predicted molar refractivity (Wildman–Crippen MR) is 108 cm³/mol. The number of amides is 1. The van der Waals surface area contributed by atoms with Crippen LogP contribution in [0.5, 0.6) is 0 Å². The van der Waals surface area contributed by atoms with E-state index in [1.54, 1.807) is 16.8 Å². The van der Waals surface area contributed by atoms with Gasteiger partial charge >= 0.3 is 0 Å². The Bertz CT molecular complexity index is 772.